The second-order valence-electron chi connectivity index (χ2n) is 3.69. The van der Waals surface area contributed by atoms with Crippen molar-refractivity contribution in [2.75, 3.05) is 5.73 Å². The molecule has 0 fully saturated rings. The molecule has 18 heavy (non-hydrogen) atoms. The molecule has 0 spiro atoms. The van der Waals surface area contributed by atoms with Gasteiger partial charge in [-0.1, -0.05) is 11.6 Å². The lowest BCUT2D eigenvalue weighted by Crippen LogP contribution is -1.85. The van der Waals surface area contributed by atoms with Crippen molar-refractivity contribution in [2.45, 2.75) is 0 Å². The number of phenols is 1. The zero-order valence-corrected chi connectivity index (χ0v) is 10.3. The van der Waals surface area contributed by atoms with Crippen LogP contribution < -0.4 is 10.5 Å². The molecular formula is C14H12ClNO2. The summed E-state index contributed by atoms with van der Waals surface area (Å²) in [5.74, 6) is 0.818. The first-order chi connectivity index (χ1) is 8.65. The van der Waals surface area contributed by atoms with Crippen LogP contribution in [-0.4, -0.2) is 5.11 Å². The van der Waals surface area contributed by atoms with Crippen LogP contribution in [0.2, 0.25) is 5.02 Å². The van der Waals surface area contributed by atoms with Gasteiger partial charge in [0.15, 0.2) is 0 Å². The quantitative estimate of drug-likeness (QED) is 0.655. The molecular weight excluding hydrogens is 250 g/mol. The number of phenolic OH excluding ortho intramolecular Hbond substituents is 1. The van der Waals surface area contributed by atoms with Gasteiger partial charge in [-0.25, -0.2) is 0 Å². The summed E-state index contributed by atoms with van der Waals surface area (Å²) < 4.78 is 5.37. The van der Waals surface area contributed by atoms with Gasteiger partial charge in [0.25, 0.3) is 0 Å². The third-order valence-corrected chi connectivity index (χ3v) is 2.56. The maximum absolute atomic E-state index is 9.59. The monoisotopic (exact) mass is 261 g/mol. The second kappa shape index (κ2) is 5.47. The van der Waals surface area contributed by atoms with Crippen LogP contribution in [0.1, 0.15) is 5.56 Å². The average molecular weight is 262 g/mol. The van der Waals surface area contributed by atoms with Crippen LogP contribution in [0.3, 0.4) is 0 Å². The van der Waals surface area contributed by atoms with Crippen molar-refractivity contribution < 1.29 is 9.84 Å². The number of benzene rings is 2. The van der Waals surface area contributed by atoms with Crippen LogP contribution in [0.15, 0.2) is 48.7 Å². The van der Waals surface area contributed by atoms with Crippen LogP contribution in [0.25, 0.3) is 6.08 Å². The second-order valence-corrected chi connectivity index (χ2v) is 4.13. The standard InChI is InChI=1S/C14H12ClNO2/c15-11-1-6-14(17)10(9-11)7-8-18-13-4-2-12(16)3-5-13/h1-9,17H,16H2. The summed E-state index contributed by atoms with van der Waals surface area (Å²) in [5, 5.41) is 10.1. The fourth-order valence-electron chi connectivity index (χ4n) is 1.39. The van der Waals surface area contributed by atoms with Crippen molar-refractivity contribution in [3.05, 3.63) is 59.3 Å². The Labute approximate surface area is 110 Å². The minimum atomic E-state index is 0.150. The van der Waals surface area contributed by atoms with Gasteiger partial charge in [0.2, 0.25) is 0 Å². The van der Waals surface area contributed by atoms with E-state index in [-0.39, 0.29) is 5.75 Å². The Morgan fingerprint density at radius 1 is 1.11 bits per heavy atom. The predicted molar refractivity (Wildman–Crippen MR) is 73.6 cm³/mol. The third-order valence-electron chi connectivity index (χ3n) is 2.32. The Balaban J connectivity index is 2.07. The topological polar surface area (TPSA) is 55.5 Å². The lowest BCUT2D eigenvalue weighted by atomic mass is 10.2. The average Bonchev–Trinajstić information content (AvgIpc) is 2.36. The molecule has 2 aromatic carbocycles. The number of nitrogen functional groups attached to an aromatic ring is 1. The highest BCUT2D eigenvalue weighted by molar-refractivity contribution is 6.30. The zero-order chi connectivity index (χ0) is 13.0. The maximum atomic E-state index is 9.59. The first-order valence-corrected chi connectivity index (χ1v) is 5.70. The Morgan fingerprint density at radius 3 is 2.56 bits per heavy atom. The Bertz CT molecular complexity index is 565. The van der Waals surface area contributed by atoms with Crippen molar-refractivity contribution in [2.24, 2.45) is 0 Å². The van der Waals surface area contributed by atoms with E-state index in [0.29, 0.717) is 22.0 Å². The van der Waals surface area contributed by atoms with E-state index >= 15 is 0 Å². The van der Waals surface area contributed by atoms with Crippen LogP contribution in [0.5, 0.6) is 11.5 Å². The summed E-state index contributed by atoms with van der Waals surface area (Å²) >= 11 is 5.83. The maximum Gasteiger partial charge on any atom is 0.126 e. The zero-order valence-electron chi connectivity index (χ0n) is 9.51. The first-order valence-electron chi connectivity index (χ1n) is 5.32. The minimum Gasteiger partial charge on any atom is -0.507 e. The molecule has 92 valence electrons. The molecule has 3 nitrogen and oxygen atoms in total. The largest absolute Gasteiger partial charge is 0.507 e. The number of hydrogen-bond donors (Lipinski definition) is 2. The fraction of sp³-hybridized carbons (Fsp3) is 0. The Morgan fingerprint density at radius 2 is 1.83 bits per heavy atom. The van der Waals surface area contributed by atoms with E-state index in [1.165, 1.54) is 12.3 Å². The van der Waals surface area contributed by atoms with Gasteiger partial charge in [0.05, 0.1) is 6.26 Å². The molecule has 0 aliphatic carbocycles. The van der Waals surface area contributed by atoms with Gasteiger partial charge in [-0.3, -0.25) is 0 Å². The highest BCUT2D eigenvalue weighted by atomic mass is 35.5. The van der Waals surface area contributed by atoms with Gasteiger partial charge in [-0.15, -0.1) is 0 Å². The van der Waals surface area contributed by atoms with E-state index in [9.17, 15) is 5.11 Å². The molecule has 0 unspecified atom stereocenters. The third kappa shape index (κ3) is 3.18. The summed E-state index contributed by atoms with van der Waals surface area (Å²) in [6, 6.07) is 11.8. The molecule has 4 heteroatoms. The first kappa shape index (κ1) is 12.3. The molecule has 0 aromatic heterocycles. The lowest BCUT2D eigenvalue weighted by molar-refractivity contribution is 0.471. The van der Waals surface area contributed by atoms with Gasteiger partial charge >= 0.3 is 0 Å². The van der Waals surface area contributed by atoms with Gasteiger partial charge in [-0.2, -0.15) is 0 Å². The molecule has 0 bridgehead atoms. The summed E-state index contributed by atoms with van der Waals surface area (Å²) in [7, 11) is 0. The highest BCUT2D eigenvalue weighted by Gasteiger charge is 1.98. The van der Waals surface area contributed by atoms with Gasteiger partial charge in [0.1, 0.15) is 11.5 Å². The number of hydrogen-bond acceptors (Lipinski definition) is 3. The number of rotatable bonds is 3. The molecule has 3 N–H and O–H groups in total. The van der Waals surface area contributed by atoms with Gasteiger partial charge < -0.3 is 15.6 Å². The molecule has 0 radical (unpaired) electrons. The summed E-state index contributed by atoms with van der Waals surface area (Å²) in [6.45, 7) is 0. The summed E-state index contributed by atoms with van der Waals surface area (Å²) in [4.78, 5) is 0. The number of nitrogens with two attached hydrogens (primary N) is 1. The minimum absolute atomic E-state index is 0.150. The number of aromatic hydroxyl groups is 1. The molecule has 0 heterocycles. The lowest BCUT2D eigenvalue weighted by Gasteiger charge is -2.01. The van der Waals surface area contributed by atoms with Crippen LogP contribution in [-0.2, 0) is 0 Å². The SMILES string of the molecule is Nc1ccc(OC=Cc2cc(Cl)ccc2O)cc1. The van der Waals surface area contributed by atoms with Gasteiger partial charge in [0, 0.05) is 16.3 Å². The van der Waals surface area contributed by atoms with Crippen molar-refractivity contribution in [3.63, 3.8) is 0 Å². The van der Waals surface area contributed by atoms with E-state index in [0.717, 1.165) is 0 Å². The van der Waals surface area contributed by atoms with E-state index in [1.807, 2.05) is 0 Å². The van der Waals surface area contributed by atoms with E-state index in [4.69, 9.17) is 22.1 Å². The molecule has 0 saturated heterocycles. The molecule has 2 rings (SSSR count). The number of anilines is 1. The van der Waals surface area contributed by atoms with Crippen molar-refractivity contribution in [3.8, 4) is 11.5 Å². The molecule has 0 aliphatic heterocycles. The van der Waals surface area contributed by atoms with E-state index in [2.05, 4.69) is 0 Å². The molecule has 0 amide bonds. The van der Waals surface area contributed by atoms with Gasteiger partial charge in [-0.05, 0) is 48.5 Å². The molecule has 0 atom stereocenters. The molecule has 2 aromatic rings. The van der Waals surface area contributed by atoms with E-state index in [1.54, 1.807) is 42.5 Å². The Kier molecular flexibility index (Phi) is 3.75. The molecule has 0 aliphatic rings. The van der Waals surface area contributed by atoms with Crippen molar-refractivity contribution in [1.82, 2.24) is 0 Å². The number of halogens is 1. The normalized spacial score (nSPS) is 10.7. The van der Waals surface area contributed by atoms with Crippen LogP contribution in [0, 0.1) is 0 Å². The summed E-state index contributed by atoms with van der Waals surface area (Å²) in [5.41, 5.74) is 6.84. The predicted octanol–water partition coefficient (Wildman–Crippen LogP) is 3.68. The highest BCUT2D eigenvalue weighted by Crippen LogP contribution is 2.23. The van der Waals surface area contributed by atoms with Crippen LogP contribution >= 0.6 is 11.6 Å². The fourth-order valence-corrected chi connectivity index (χ4v) is 1.57. The van der Waals surface area contributed by atoms with E-state index < -0.39 is 0 Å². The number of ether oxygens (including phenoxy) is 1. The van der Waals surface area contributed by atoms with Crippen LogP contribution in [0.4, 0.5) is 5.69 Å². The Hall–Kier alpha value is -2.13. The van der Waals surface area contributed by atoms with Crippen molar-refractivity contribution in [1.29, 1.82) is 0 Å². The molecule has 0 saturated carbocycles. The van der Waals surface area contributed by atoms with Crippen molar-refractivity contribution >= 4 is 23.4 Å². The summed E-state index contributed by atoms with van der Waals surface area (Å²) in [6.07, 6.45) is 3.12. The smallest absolute Gasteiger partial charge is 0.126 e.